The van der Waals surface area contributed by atoms with E-state index in [0.717, 1.165) is 60.4 Å². The predicted octanol–water partition coefficient (Wildman–Crippen LogP) is 27.0. The monoisotopic (exact) mass is 1210 g/mol. The van der Waals surface area contributed by atoms with Crippen LogP contribution in [0.2, 0.25) is 0 Å². The molecule has 0 aliphatic carbocycles. The van der Waals surface area contributed by atoms with Gasteiger partial charge < -0.3 is 8.83 Å². The van der Waals surface area contributed by atoms with Gasteiger partial charge in [0, 0.05) is 32.3 Å². The molecule has 0 radical (unpaired) electrons. The van der Waals surface area contributed by atoms with Crippen molar-refractivity contribution in [1.82, 2.24) is 0 Å². The van der Waals surface area contributed by atoms with Gasteiger partial charge in [0.2, 0.25) is 0 Å². The molecule has 0 aliphatic heterocycles. The zero-order chi connectivity index (χ0) is 62.7. The smallest absolute Gasteiger partial charge is 0.143 e. The Hall–Kier alpha value is -12.6. The van der Waals surface area contributed by atoms with E-state index in [2.05, 4.69) is 328 Å². The van der Waals surface area contributed by atoms with Crippen LogP contribution < -0.4 is 0 Å². The molecule has 0 spiro atoms. The summed E-state index contributed by atoms with van der Waals surface area (Å²) in [6.45, 7) is 0. The van der Waals surface area contributed by atoms with Crippen LogP contribution in [0.3, 0.4) is 0 Å². The van der Waals surface area contributed by atoms with Crippen molar-refractivity contribution < 1.29 is 8.83 Å². The summed E-state index contributed by atoms with van der Waals surface area (Å²) < 4.78 is 14.2. The summed E-state index contributed by atoms with van der Waals surface area (Å²) in [6, 6.07) is 121. The molecule has 0 fully saturated rings. The lowest BCUT2D eigenvalue weighted by Crippen LogP contribution is -1.92. The third kappa shape index (κ3) is 7.64. The largest absolute Gasteiger partial charge is 0.455 e. The Morgan fingerprint density at radius 1 is 0.156 bits per heavy atom. The molecule has 2 aromatic heterocycles. The standard InChI is InChI=1S/C94H54O2/c1-2-22-55(23-3-1)61-24-4-10-30-67(61)90-75-38-18-16-36-73(75)89(74-37-17-19-39-76(74)90)60-46-49-81-86(54-60)96-94-79-41-21-9-29-66(79)84-51-57(44-47-77(84)92(81)94)82-50-56-42-43-58(52-83(56)65-28-6-5-27-64(65)82)87-69-32-12-14-34-71(69)88(72-35-15-13-33-70(72)87)59-45-48-80-85(53-59)95-93-78-40-20-8-26-63(78)62-25-7-11-31-68(62)91(80)93/h1-54H. The van der Waals surface area contributed by atoms with Gasteiger partial charge in [-0.25, -0.2) is 0 Å². The highest BCUT2D eigenvalue weighted by molar-refractivity contribution is 6.33. The van der Waals surface area contributed by atoms with Gasteiger partial charge in [0.25, 0.3) is 0 Å². The lowest BCUT2D eigenvalue weighted by Gasteiger charge is -2.19. The Bertz CT molecular complexity index is 6830. The normalized spacial score (nSPS) is 12.2. The molecule has 0 aliphatic rings. The number of rotatable bonds is 6. The summed E-state index contributed by atoms with van der Waals surface area (Å²) in [5.74, 6) is 0. The molecule has 2 heterocycles. The second-order valence-electron chi connectivity index (χ2n) is 25.9. The van der Waals surface area contributed by atoms with E-state index in [1.807, 2.05) is 0 Å². The second-order valence-corrected chi connectivity index (χ2v) is 25.9. The fourth-order valence-corrected chi connectivity index (χ4v) is 16.9. The lowest BCUT2D eigenvalue weighted by atomic mass is 9.83. The van der Waals surface area contributed by atoms with Gasteiger partial charge in [-0.15, -0.1) is 0 Å². The van der Waals surface area contributed by atoms with Crippen LogP contribution in [0.4, 0.5) is 0 Å². The van der Waals surface area contributed by atoms with E-state index in [0.29, 0.717) is 0 Å². The molecular weight excluding hydrogens is 1160 g/mol. The first kappa shape index (κ1) is 52.9. The minimum Gasteiger partial charge on any atom is -0.455 e. The van der Waals surface area contributed by atoms with Crippen LogP contribution >= 0.6 is 0 Å². The van der Waals surface area contributed by atoms with E-state index < -0.39 is 0 Å². The molecule has 0 atom stereocenters. The topological polar surface area (TPSA) is 26.3 Å². The number of hydrogen-bond donors (Lipinski definition) is 0. The van der Waals surface area contributed by atoms with E-state index in [9.17, 15) is 0 Å². The molecule has 2 heteroatoms. The SMILES string of the molecule is c1ccc(-c2ccccc2-c2c3ccccc3c(-c3ccc4c(c3)oc3c5ccccc5c5cc(-c6cc7ccc(-c8c9ccccc9c(-c9ccc%10c(c9)oc9c%11ccccc%11c%11ccccc%11c%109)c9ccccc89)cc7c7ccccc67)ccc5c43)c3ccccc23)cc1. The van der Waals surface area contributed by atoms with Crippen LogP contribution in [0.5, 0.6) is 0 Å². The van der Waals surface area contributed by atoms with E-state index in [1.165, 1.54) is 158 Å². The quantitative estimate of drug-likeness (QED) is 0.123. The van der Waals surface area contributed by atoms with Gasteiger partial charge in [0.05, 0.1) is 0 Å². The third-order valence-electron chi connectivity index (χ3n) is 21.0. The van der Waals surface area contributed by atoms with Crippen molar-refractivity contribution in [3.05, 3.63) is 328 Å². The number of fused-ring (bicyclic) bond motifs is 23. The van der Waals surface area contributed by atoms with Crippen LogP contribution in [0.25, 0.3) is 218 Å². The van der Waals surface area contributed by atoms with Crippen LogP contribution in [0.15, 0.2) is 336 Å². The molecule has 21 rings (SSSR count). The zero-order valence-corrected chi connectivity index (χ0v) is 52.0. The summed E-state index contributed by atoms with van der Waals surface area (Å²) in [5.41, 5.74) is 18.0. The van der Waals surface area contributed by atoms with E-state index >= 15 is 0 Å². The third-order valence-corrected chi connectivity index (χ3v) is 21.0. The van der Waals surface area contributed by atoms with E-state index in [4.69, 9.17) is 8.83 Å². The fourth-order valence-electron chi connectivity index (χ4n) is 16.9. The number of hydrogen-bond acceptors (Lipinski definition) is 2. The molecule has 0 unspecified atom stereocenters. The highest BCUT2D eigenvalue weighted by Crippen LogP contribution is 2.51. The zero-order valence-electron chi connectivity index (χ0n) is 52.0. The summed E-state index contributed by atoms with van der Waals surface area (Å²) in [4.78, 5) is 0. The van der Waals surface area contributed by atoms with Gasteiger partial charge in [-0.05, 0) is 206 Å². The minimum atomic E-state index is 0.872. The summed E-state index contributed by atoms with van der Waals surface area (Å²) in [6.07, 6.45) is 0. The molecule has 19 aromatic carbocycles. The molecule has 0 amide bonds. The van der Waals surface area contributed by atoms with Gasteiger partial charge in [-0.2, -0.15) is 0 Å². The minimum absolute atomic E-state index is 0.872. The maximum atomic E-state index is 7.20. The van der Waals surface area contributed by atoms with Crippen molar-refractivity contribution in [2.45, 2.75) is 0 Å². The van der Waals surface area contributed by atoms with Crippen LogP contribution in [0, 0.1) is 0 Å². The van der Waals surface area contributed by atoms with Crippen molar-refractivity contribution in [3.63, 3.8) is 0 Å². The van der Waals surface area contributed by atoms with Crippen LogP contribution in [0.1, 0.15) is 0 Å². The number of furan rings is 2. The summed E-state index contributed by atoms with van der Waals surface area (Å²) in [7, 11) is 0. The Kier molecular flexibility index (Phi) is 11.3. The van der Waals surface area contributed by atoms with Gasteiger partial charge in [0.15, 0.2) is 0 Å². The van der Waals surface area contributed by atoms with Gasteiger partial charge in [-0.1, -0.05) is 285 Å². The Balaban J connectivity index is 0.697. The van der Waals surface area contributed by atoms with Crippen molar-refractivity contribution in [3.8, 4) is 66.8 Å². The molecule has 0 N–H and O–H groups in total. The average Bonchev–Trinajstić information content (AvgIpc) is 1.42. The first-order chi connectivity index (χ1) is 47.6. The first-order valence-corrected chi connectivity index (χ1v) is 33.2. The number of benzene rings is 19. The maximum Gasteiger partial charge on any atom is 0.143 e. The Morgan fingerprint density at radius 3 is 1.00 bits per heavy atom. The highest BCUT2D eigenvalue weighted by Gasteiger charge is 2.25. The molecule has 0 saturated heterocycles. The molecule has 442 valence electrons. The van der Waals surface area contributed by atoms with E-state index in [1.54, 1.807) is 0 Å². The summed E-state index contributed by atoms with van der Waals surface area (Å²) in [5, 5.41) is 28.5. The van der Waals surface area contributed by atoms with Crippen molar-refractivity contribution >= 4 is 152 Å². The predicted molar refractivity (Wildman–Crippen MR) is 409 cm³/mol. The molecule has 96 heavy (non-hydrogen) atoms. The van der Waals surface area contributed by atoms with Gasteiger partial charge in [0.1, 0.15) is 22.3 Å². The van der Waals surface area contributed by atoms with Crippen molar-refractivity contribution in [2.75, 3.05) is 0 Å². The van der Waals surface area contributed by atoms with Crippen molar-refractivity contribution in [2.24, 2.45) is 0 Å². The average molecular weight is 1220 g/mol. The Labute approximate surface area is 551 Å². The summed E-state index contributed by atoms with van der Waals surface area (Å²) >= 11 is 0. The highest BCUT2D eigenvalue weighted by atomic mass is 16.3. The molecule has 0 saturated carbocycles. The first-order valence-electron chi connectivity index (χ1n) is 33.2. The Morgan fingerprint density at radius 2 is 0.490 bits per heavy atom. The fraction of sp³-hybridized carbons (Fsp3) is 0. The van der Waals surface area contributed by atoms with Crippen molar-refractivity contribution in [1.29, 1.82) is 0 Å². The molecular formula is C94H54O2. The van der Waals surface area contributed by atoms with Crippen LogP contribution in [-0.2, 0) is 0 Å². The lowest BCUT2D eigenvalue weighted by molar-refractivity contribution is 0.672. The van der Waals surface area contributed by atoms with Gasteiger partial charge >= 0.3 is 0 Å². The molecule has 2 nitrogen and oxygen atoms in total. The maximum absolute atomic E-state index is 7.20. The van der Waals surface area contributed by atoms with E-state index in [-0.39, 0.29) is 0 Å². The second kappa shape index (κ2) is 20.4. The van der Waals surface area contributed by atoms with Gasteiger partial charge in [-0.3, -0.25) is 0 Å². The van der Waals surface area contributed by atoms with Crippen LogP contribution in [-0.4, -0.2) is 0 Å². The molecule has 0 bridgehead atoms. The molecule has 21 aromatic rings.